The van der Waals surface area contributed by atoms with E-state index in [9.17, 15) is 14.9 Å². The van der Waals surface area contributed by atoms with Crippen LogP contribution in [0.15, 0.2) is 12.1 Å². The fourth-order valence-corrected chi connectivity index (χ4v) is 1.55. The summed E-state index contributed by atoms with van der Waals surface area (Å²) >= 11 is 0. The van der Waals surface area contributed by atoms with Crippen LogP contribution < -0.4 is 4.74 Å². The van der Waals surface area contributed by atoms with Crippen LogP contribution in [0.4, 0.5) is 5.69 Å². The number of nitro groups is 1. The van der Waals surface area contributed by atoms with Crippen molar-refractivity contribution in [2.75, 3.05) is 13.7 Å². The van der Waals surface area contributed by atoms with Gasteiger partial charge < -0.3 is 9.47 Å². The fraction of sp³-hybridized carbons (Fsp3) is 0.333. The van der Waals surface area contributed by atoms with E-state index in [-0.39, 0.29) is 35.6 Å². The van der Waals surface area contributed by atoms with Gasteiger partial charge in [0.2, 0.25) is 0 Å². The number of nitro benzene ring substituents is 1. The summed E-state index contributed by atoms with van der Waals surface area (Å²) in [7, 11) is 1.35. The van der Waals surface area contributed by atoms with E-state index in [0.29, 0.717) is 0 Å². The van der Waals surface area contributed by atoms with E-state index in [0.717, 1.165) is 6.07 Å². The zero-order valence-corrected chi connectivity index (χ0v) is 10.5. The van der Waals surface area contributed by atoms with Gasteiger partial charge >= 0.3 is 5.97 Å². The van der Waals surface area contributed by atoms with Gasteiger partial charge in [0.05, 0.1) is 31.1 Å². The van der Waals surface area contributed by atoms with E-state index in [2.05, 4.69) is 0 Å². The first kappa shape index (κ1) is 14.4. The fourth-order valence-electron chi connectivity index (χ4n) is 1.55. The molecular formula is C12H12N2O5. The molecular weight excluding hydrogens is 252 g/mol. The third-order valence-electron chi connectivity index (χ3n) is 2.36. The van der Waals surface area contributed by atoms with Crippen LogP contribution in [-0.2, 0) is 16.0 Å². The number of nitrogens with zero attached hydrogens (tertiary/aromatic N) is 2. The van der Waals surface area contributed by atoms with Crippen LogP contribution in [-0.4, -0.2) is 24.6 Å². The van der Waals surface area contributed by atoms with Gasteiger partial charge in [0.1, 0.15) is 17.4 Å². The molecule has 0 amide bonds. The van der Waals surface area contributed by atoms with E-state index in [1.54, 1.807) is 13.0 Å². The van der Waals surface area contributed by atoms with Crippen molar-refractivity contribution >= 4 is 11.7 Å². The number of carbonyl (C=O) groups excluding carboxylic acids is 1. The topological polar surface area (TPSA) is 102 Å². The molecule has 0 fully saturated rings. The number of rotatable bonds is 5. The summed E-state index contributed by atoms with van der Waals surface area (Å²) in [6.07, 6.45) is -0.214. The maximum Gasteiger partial charge on any atom is 0.310 e. The van der Waals surface area contributed by atoms with Gasteiger partial charge in [-0.25, -0.2) is 0 Å². The van der Waals surface area contributed by atoms with Crippen LogP contribution in [0.3, 0.4) is 0 Å². The van der Waals surface area contributed by atoms with Gasteiger partial charge in [0.25, 0.3) is 5.69 Å². The van der Waals surface area contributed by atoms with Crippen molar-refractivity contribution in [3.05, 3.63) is 33.4 Å². The van der Waals surface area contributed by atoms with E-state index in [1.807, 2.05) is 0 Å². The highest BCUT2D eigenvalue weighted by Gasteiger charge is 2.21. The molecule has 0 saturated carbocycles. The molecule has 0 aromatic heterocycles. The molecule has 0 aliphatic rings. The Labute approximate surface area is 109 Å². The lowest BCUT2D eigenvalue weighted by Crippen LogP contribution is -2.10. The first-order chi connectivity index (χ1) is 9.03. The summed E-state index contributed by atoms with van der Waals surface area (Å²) in [4.78, 5) is 21.6. The summed E-state index contributed by atoms with van der Waals surface area (Å²) < 4.78 is 9.68. The van der Waals surface area contributed by atoms with Crippen molar-refractivity contribution in [1.29, 1.82) is 5.26 Å². The minimum absolute atomic E-state index is 0.154. The Balaban J connectivity index is 3.28. The number of hydrogen-bond donors (Lipinski definition) is 0. The molecule has 0 atom stereocenters. The molecule has 0 aliphatic carbocycles. The second kappa shape index (κ2) is 6.35. The third-order valence-corrected chi connectivity index (χ3v) is 2.36. The Kier molecular flexibility index (Phi) is 4.83. The second-order valence-corrected chi connectivity index (χ2v) is 3.53. The smallest absolute Gasteiger partial charge is 0.310 e. The van der Waals surface area contributed by atoms with Crippen LogP contribution in [0.25, 0.3) is 0 Å². The molecule has 0 bridgehead atoms. The number of methoxy groups -OCH3 is 1. The zero-order valence-electron chi connectivity index (χ0n) is 10.5. The minimum atomic E-state index is -0.685. The number of benzene rings is 1. The normalized spacial score (nSPS) is 9.53. The number of ether oxygens (including phenoxy) is 2. The Hall–Kier alpha value is -2.62. The summed E-state index contributed by atoms with van der Waals surface area (Å²) in [6, 6.07) is 4.30. The van der Waals surface area contributed by atoms with Crippen molar-refractivity contribution in [3.8, 4) is 11.8 Å². The molecule has 0 aliphatic heterocycles. The largest absolute Gasteiger partial charge is 0.496 e. The molecule has 0 radical (unpaired) electrons. The summed E-state index contributed by atoms with van der Waals surface area (Å²) in [6.45, 7) is 1.85. The lowest BCUT2D eigenvalue weighted by molar-refractivity contribution is -0.385. The zero-order chi connectivity index (χ0) is 14.4. The molecule has 1 rings (SSSR count). The standard InChI is InChI=1S/C12H12N2O5/c1-3-19-12(15)5-8-4-9(18-2)6-11(14(16)17)10(8)7-13/h4,6H,3,5H2,1-2H3. The highest BCUT2D eigenvalue weighted by Crippen LogP contribution is 2.28. The van der Waals surface area contributed by atoms with Gasteiger partial charge in [0.15, 0.2) is 0 Å². The van der Waals surface area contributed by atoms with E-state index < -0.39 is 10.9 Å². The first-order valence-corrected chi connectivity index (χ1v) is 5.44. The van der Waals surface area contributed by atoms with Crippen LogP contribution >= 0.6 is 0 Å². The monoisotopic (exact) mass is 264 g/mol. The van der Waals surface area contributed by atoms with Gasteiger partial charge in [-0.3, -0.25) is 14.9 Å². The van der Waals surface area contributed by atoms with E-state index in [1.165, 1.54) is 13.2 Å². The average Bonchev–Trinajstić information content (AvgIpc) is 2.37. The van der Waals surface area contributed by atoms with E-state index >= 15 is 0 Å². The molecule has 1 aromatic rings. The molecule has 0 spiro atoms. The molecule has 19 heavy (non-hydrogen) atoms. The molecule has 1 aromatic carbocycles. The van der Waals surface area contributed by atoms with Gasteiger partial charge in [-0.1, -0.05) is 0 Å². The Morgan fingerprint density at radius 1 is 1.53 bits per heavy atom. The second-order valence-electron chi connectivity index (χ2n) is 3.53. The summed E-state index contributed by atoms with van der Waals surface area (Å²) in [5.41, 5.74) is -0.327. The van der Waals surface area contributed by atoms with Gasteiger partial charge in [-0.05, 0) is 18.6 Å². The maximum atomic E-state index is 11.4. The van der Waals surface area contributed by atoms with Crippen molar-refractivity contribution in [1.82, 2.24) is 0 Å². The highest BCUT2D eigenvalue weighted by molar-refractivity contribution is 5.75. The van der Waals surface area contributed by atoms with Crippen LogP contribution in [0.1, 0.15) is 18.1 Å². The number of esters is 1. The molecule has 7 nitrogen and oxygen atoms in total. The van der Waals surface area contributed by atoms with Crippen molar-refractivity contribution in [3.63, 3.8) is 0 Å². The molecule has 0 saturated heterocycles. The Morgan fingerprint density at radius 3 is 2.68 bits per heavy atom. The molecule has 0 unspecified atom stereocenters. The molecule has 7 heteroatoms. The average molecular weight is 264 g/mol. The van der Waals surface area contributed by atoms with Crippen molar-refractivity contribution in [2.45, 2.75) is 13.3 Å². The number of carbonyl (C=O) groups is 1. The Morgan fingerprint density at radius 2 is 2.21 bits per heavy atom. The SMILES string of the molecule is CCOC(=O)Cc1cc(OC)cc([N+](=O)[O-])c1C#N. The molecule has 100 valence electrons. The minimum Gasteiger partial charge on any atom is -0.496 e. The lowest BCUT2D eigenvalue weighted by Gasteiger charge is -2.07. The van der Waals surface area contributed by atoms with E-state index in [4.69, 9.17) is 14.7 Å². The summed E-state index contributed by atoms with van der Waals surface area (Å²) in [5, 5.41) is 19.9. The van der Waals surface area contributed by atoms with Crippen LogP contribution in [0, 0.1) is 21.4 Å². The molecule has 0 heterocycles. The predicted octanol–water partition coefficient (Wildman–Crippen LogP) is 1.58. The van der Waals surface area contributed by atoms with Gasteiger partial charge in [-0.15, -0.1) is 0 Å². The van der Waals surface area contributed by atoms with Crippen LogP contribution in [0.2, 0.25) is 0 Å². The predicted molar refractivity (Wildman–Crippen MR) is 64.7 cm³/mol. The van der Waals surface area contributed by atoms with Crippen molar-refractivity contribution < 1.29 is 19.2 Å². The number of nitriles is 1. The maximum absolute atomic E-state index is 11.4. The van der Waals surface area contributed by atoms with Crippen molar-refractivity contribution in [2.24, 2.45) is 0 Å². The highest BCUT2D eigenvalue weighted by atomic mass is 16.6. The van der Waals surface area contributed by atoms with Gasteiger partial charge in [-0.2, -0.15) is 5.26 Å². The third kappa shape index (κ3) is 3.42. The van der Waals surface area contributed by atoms with Crippen LogP contribution in [0.5, 0.6) is 5.75 Å². The summed E-state index contributed by atoms with van der Waals surface area (Å²) in [5.74, 6) is -0.341. The Bertz CT molecular complexity index is 548. The van der Waals surface area contributed by atoms with Gasteiger partial charge in [0, 0.05) is 0 Å². The first-order valence-electron chi connectivity index (χ1n) is 5.44. The lowest BCUT2D eigenvalue weighted by atomic mass is 10.0. The quantitative estimate of drug-likeness (QED) is 0.454. The molecule has 0 N–H and O–H groups in total. The number of hydrogen-bond acceptors (Lipinski definition) is 6.